The molecule has 0 radical (unpaired) electrons. The Morgan fingerprint density at radius 2 is 1.63 bits per heavy atom. The number of carbonyl (C=O) groups is 2. The molecule has 2 rings (SSSR count). The van der Waals surface area contributed by atoms with E-state index in [0.717, 1.165) is 21.7 Å². The molecule has 9 heteroatoms. The summed E-state index contributed by atoms with van der Waals surface area (Å²) in [5.41, 5.74) is 1.71. The molecule has 2 amide bonds. The minimum Gasteiger partial charge on any atom is -0.350 e. The van der Waals surface area contributed by atoms with Gasteiger partial charge < -0.3 is 10.2 Å². The van der Waals surface area contributed by atoms with Crippen LogP contribution in [0.25, 0.3) is 0 Å². The number of halogens is 1. The number of amides is 2. The zero-order valence-corrected chi connectivity index (χ0v) is 18.8. The minimum absolute atomic E-state index is 0.187. The fraction of sp³-hybridized carbons (Fsp3) is 0.333. The molecule has 0 aliphatic carbocycles. The number of nitrogens with zero attached hydrogens (tertiary/aromatic N) is 2. The number of likely N-dealkylation sites (N-methyl/N-ethyl adjacent to an activating group) is 1. The van der Waals surface area contributed by atoms with Gasteiger partial charge in [-0.05, 0) is 30.2 Å². The van der Waals surface area contributed by atoms with Crippen LogP contribution >= 0.6 is 11.6 Å². The zero-order chi connectivity index (χ0) is 22.3. The molecule has 0 aliphatic heterocycles. The van der Waals surface area contributed by atoms with Crippen LogP contribution in [-0.4, -0.2) is 55.3 Å². The van der Waals surface area contributed by atoms with Crippen LogP contribution in [0.5, 0.6) is 0 Å². The normalized spacial score (nSPS) is 12.4. The van der Waals surface area contributed by atoms with Crippen molar-refractivity contribution in [2.24, 2.45) is 0 Å². The van der Waals surface area contributed by atoms with E-state index in [1.54, 1.807) is 31.2 Å². The molecule has 0 saturated carbocycles. The van der Waals surface area contributed by atoms with Gasteiger partial charge >= 0.3 is 0 Å². The Balaban J connectivity index is 2.13. The van der Waals surface area contributed by atoms with E-state index < -0.39 is 22.0 Å². The maximum atomic E-state index is 12.9. The van der Waals surface area contributed by atoms with Crippen LogP contribution in [-0.2, 0) is 32.7 Å². The molecule has 0 aliphatic rings. The van der Waals surface area contributed by atoms with E-state index in [2.05, 4.69) is 5.32 Å². The lowest BCUT2D eigenvalue weighted by Gasteiger charge is -2.30. The van der Waals surface area contributed by atoms with Crippen LogP contribution in [0.2, 0.25) is 5.02 Å². The van der Waals surface area contributed by atoms with Gasteiger partial charge in [0.15, 0.2) is 0 Å². The molecular weight excluding hydrogens is 426 g/mol. The van der Waals surface area contributed by atoms with Crippen LogP contribution in [0, 0.1) is 0 Å². The molecule has 0 bridgehead atoms. The van der Waals surface area contributed by atoms with Crippen LogP contribution in [0.15, 0.2) is 54.6 Å². The highest BCUT2D eigenvalue weighted by Crippen LogP contribution is 2.12. The van der Waals surface area contributed by atoms with Gasteiger partial charge in [-0.2, -0.15) is 4.31 Å². The van der Waals surface area contributed by atoms with Gasteiger partial charge in [0.05, 0.1) is 12.8 Å². The number of carbonyl (C=O) groups excluding carboxylic acids is 2. The minimum atomic E-state index is -3.53. The molecule has 1 atom stereocenters. The largest absolute Gasteiger partial charge is 0.350 e. The molecular formula is C21H26ClN3O4S. The van der Waals surface area contributed by atoms with E-state index >= 15 is 0 Å². The van der Waals surface area contributed by atoms with Gasteiger partial charge in [-0.25, -0.2) is 8.42 Å². The number of nitrogens with one attached hydrogen (secondary N) is 1. The monoisotopic (exact) mass is 451 g/mol. The summed E-state index contributed by atoms with van der Waals surface area (Å²) in [6.07, 6.45) is 1.03. The third-order valence-corrected chi connectivity index (χ3v) is 6.18. The average Bonchev–Trinajstić information content (AvgIpc) is 2.70. The molecule has 0 fully saturated rings. The summed E-state index contributed by atoms with van der Waals surface area (Å²) in [5.74, 6) is -0.794. The fourth-order valence-corrected chi connectivity index (χ4v) is 3.17. The fourth-order valence-electron chi connectivity index (χ4n) is 2.70. The van der Waals surface area contributed by atoms with Gasteiger partial charge in [-0.1, -0.05) is 54.1 Å². The summed E-state index contributed by atoms with van der Waals surface area (Å²) >= 11 is 5.87. The summed E-state index contributed by atoms with van der Waals surface area (Å²) in [4.78, 5) is 27.0. The lowest BCUT2D eigenvalue weighted by atomic mass is 10.1. The van der Waals surface area contributed by atoms with Crippen molar-refractivity contribution in [2.45, 2.75) is 26.1 Å². The van der Waals surface area contributed by atoms with E-state index in [0.29, 0.717) is 5.02 Å². The third-order valence-electron chi connectivity index (χ3n) is 4.67. The van der Waals surface area contributed by atoms with Crippen molar-refractivity contribution in [1.82, 2.24) is 14.5 Å². The quantitative estimate of drug-likeness (QED) is 0.633. The number of sulfonamides is 1. The van der Waals surface area contributed by atoms with Crippen molar-refractivity contribution in [3.05, 3.63) is 70.7 Å². The Morgan fingerprint density at radius 3 is 2.20 bits per heavy atom. The maximum Gasteiger partial charge on any atom is 0.242 e. The number of hydrogen-bond donors (Lipinski definition) is 1. The van der Waals surface area contributed by atoms with Crippen LogP contribution in [0.4, 0.5) is 0 Å². The molecule has 0 heterocycles. The summed E-state index contributed by atoms with van der Waals surface area (Å²) in [7, 11) is -2.19. The third kappa shape index (κ3) is 7.12. The predicted octanol–water partition coefficient (Wildman–Crippen LogP) is 2.26. The molecule has 30 heavy (non-hydrogen) atoms. The first-order valence-electron chi connectivity index (χ1n) is 9.35. The Hall–Kier alpha value is -2.42. The number of hydrogen-bond acceptors (Lipinski definition) is 4. The first kappa shape index (κ1) is 23.9. The summed E-state index contributed by atoms with van der Waals surface area (Å²) < 4.78 is 24.4. The SMILES string of the molecule is C[C@H](C(=O)NCc1ccc(Cl)cc1)N(Cc1ccccc1)C(=O)CN(C)S(C)(=O)=O. The van der Waals surface area contributed by atoms with Crippen LogP contribution in [0.1, 0.15) is 18.1 Å². The van der Waals surface area contributed by atoms with Crippen LogP contribution in [0.3, 0.4) is 0 Å². The zero-order valence-electron chi connectivity index (χ0n) is 17.2. The van der Waals surface area contributed by atoms with Crippen molar-refractivity contribution in [1.29, 1.82) is 0 Å². The van der Waals surface area contributed by atoms with Gasteiger partial charge in [-0.3, -0.25) is 9.59 Å². The first-order valence-corrected chi connectivity index (χ1v) is 11.6. The Bertz CT molecular complexity index is 966. The van der Waals surface area contributed by atoms with Gasteiger partial charge in [-0.15, -0.1) is 0 Å². The average molecular weight is 452 g/mol. The summed E-state index contributed by atoms with van der Waals surface area (Å²) in [6, 6.07) is 15.5. The Kier molecular flexibility index (Phi) is 8.40. The lowest BCUT2D eigenvalue weighted by molar-refractivity contribution is -0.140. The molecule has 2 aromatic rings. The highest BCUT2D eigenvalue weighted by atomic mass is 35.5. The highest BCUT2D eigenvalue weighted by Gasteiger charge is 2.28. The second-order valence-corrected chi connectivity index (χ2v) is 9.57. The standard InChI is InChI=1S/C21H26ClN3O4S/c1-16(21(27)23-13-17-9-11-19(22)12-10-17)25(14-18-7-5-4-6-8-18)20(26)15-24(2)30(3,28)29/h4-12,16H,13-15H2,1-3H3,(H,23,27)/t16-/m1/s1. The molecule has 1 N–H and O–H groups in total. The molecule has 0 unspecified atom stereocenters. The molecule has 0 saturated heterocycles. The van der Waals surface area contributed by atoms with Crippen molar-refractivity contribution in [2.75, 3.05) is 19.8 Å². The Morgan fingerprint density at radius 1 is 1.03 bits per heavy atom. The van der Waals surface area contributed by atoms with E-state index in [1.807, 2.05) is 30.3 Å². The predicted molar refractivity (Wildman–Crippen MR) is 117 cm³/mol. The van der Waals surface area contributed by atoms with Gasteiger partial charge in [0.25, 0.3) is 0 Å². The highest BCUT2D eigenvalue weighted by molar-refractivity contribution is 7.88. The number of benzene rings is 2. The van der Waals surface area contributed by atoms with E-state index in [1.165, 1.54) is 11.9 Å². The Labute approximate surface area is 182 Å². The molecule has 7 nitrogen and oxygen atoms in total. The second-order valence-electron chi connectivity index (χ2n) is 7.05. The summed E-state index contributed by atoms with van der Waals surface area (Å²) in [6.45, 7) is 1.75. The number of rotatable bonds is 9. The van der Waals surface area contributed by atoms with Crippen molar-refractivity contribution < 1.29 is 18.0 Å². The van der Waals surface area contributed by atoms with Crippen molar-refractivity contribution >= 4 is 33.4 Å². The van der Waals surface area contributed by atoms with E-state index in [9.17, 15) is 18.0 Å². The van der Waals surface area contributed by atoms with Gasteiger partial charge in [0.2, 0.25) is 21.8 Å². The van der Waals surface area contributed by atoms with Crippen molar-refractivity contribution in [3.8, 4) is 0 Å². The second kappa shape index (κ2) is 10.6. The molecule has 0 aromatic heterocycles. The summed E-state index contributed by atoms with van der Waals surface area (Å²) in [5, 5.41) is 3.42. The van der Waals surface area contributed by atoms with Gasteiger partial charge in [0, 0.05) is 25.2 Å². The first-order chi connectivity index (χ1) is 14.1. The van der Waals surface area contributed by atoms with Gasteiger partial charge in [0.1, 0.15) is 6.04 Å². The molecule has 0 spiro atoms. The van der Waals surface area contributed by atoms with E-state index in [4.69, 9.17) is 11.6 Å². The lowest BCUT2D eigenvalue weighted by Crippen LogP contribution is -2.50. The van der Waals surface area contributed by atoms with E-state index in [-0.39, 0.29) is 25.5 Å². The topological polar surface area (TPSA) is 86.8 Å². The maximum absolute atomic E-state index is 12.9. The molecule has 2 aromatic carbocycles. The molecule has 162 valence electrons. The van der Waals surface area contributed by atoms with Crippen molar-refractivity contribution in [3.63, 3.8) is 0 Å². The van der Waals surface area contributed by atoms with Crippen LogP contribution < -0.4 is 5.32 Å². The smallest absolute Gasteiger partial charge is 0.242 e.